The molecule has 0 N–H and O–H groups in total. The van der Waals surface area contributed by atoms with Gasteiger partial charge in [-0.25, -0.2) is 0 Å². The van der Waals surface area contributed by atoms with E-state index in [0.29, 0.717) is 6.54 Å². The van der Waals surface area contributed by atoms with Gasteiger partial charge in [-0.15, -0.1) is 0 Å². The van der Waals surface area contributed by atoms with Crippen LogP contribution in [0.1, 0.15) is 11.4 Å². The first-order valence-electron chi connectivity index (χ1n) is 6.41. The lowest BCUT2D eigenvalue weighted by Crippen LogP contribution is -2.02. The fourth-order valence-corrected chi connectivity index (χ4v) is 2.54. The predicted molar refractivity (Wildman–Crippen MR) is 81.6 cm³/mol. The second kappa shape index (κ2) is 5.17. The summed E-state index contributed by atoms with van der Waals surface area (Å²) in [5.74, 6) is 0.835. The van der Waals surface area contributed by atoms with Crippen molar-refractivity contribution >= 4 is 22.5 Å². The minimum absolute atomic E-state index is 0.696. The number of nitrogens with zero attached hydrogens (tertiary/aromatic N) is 2. The first-order valence-corrected chi connectivity index (χ1v) is 6.79. The SMILES string of the molecule is COc1cc(C)nc(Cn2ccc3ccc(Cl)cc32)c1. The van der Waals surface area contributed by atoms with E-state index in [9.17, 15) is 0 Å². The number of hydrogen-bond acceptors (Lipinski definition) is 2. The predicted octanol–water partition coefficient (Wildman–Crippen LogP) is 4.06. The van der Waals surface area contributed by atoms with Crippen molar-refractivity contribution in [1.82, 2.24) is 9.55 Å². The summed E-state index contributed by atoms with van der Waals surface area (Å²) in [5, 5.41) is 1.92. The molecule has 0 amide bonds. The number of aryl methyl sites for hydroxylation is 1. The molecule has 102 valence electrons. The van der Waals surface area contributed by atoms with Gasteiger partial charge in [0.2, 0.25) is 0 Å². The molecular weight excluding hydrogens is 272 g/mol. The summed E-state index contributed by atoms with van der Waals surface area (Å²) in [6, 6.07) is 11.9. The molecule has 0 aliphatic carbocycles. The van der Waals surface area contributed by atoms with Crippen LogP contribution < -0.4 is 4.74 Å². The van der Waals surface area contributed by atoms with Crippen molar-refractivity contribution < 1.29 is 4.74 Å². The van der Waals surface area contributed by atoms with Crippen molar-refractivity contribution in [3.63, 3.8) is 0 Å². The van der Waals surface area contributed by atoms with Crippen LogP contribution in [0.3, 0.4) is 0 Å². The van der Waals surface area contributed by atoms with E-state index in [2.05, 4.69) is 21.8 Å². The van der Waals surface area contributed by atoms with Crippen molar-refractivity contribution in [2.24, 2.45) is 0 Å². The lowest BCUT2D eigenvalue weighted by Gasteiger charge is -2.08. The van der Waals surface area contributed by atoms with Crippen molar-refractivity contribution in [1.29, 1.82) is 0 Å². The van der Waals surface area contributed by atoms with Crippen LogP contribution >= 0.6 is 11.6 Å². The van der Waals surface area contributed by atoms with Gasteiger partial charge in [0, 0.05) is 34.6 Å². The lowest BCUT2D eigenvalue weighted by molar-refractivity contribution is 0.413. The largest absolute Gasteiger partial charge is 0.497 e. The van der Waals surface area contributed by atoms with Gasteiger partial charge in [0.25, 0.3) is 0 Å². The lowest BCUT2D eigenvalue weighted by atomic mass is 10.2. The molecular formula is C16H15ClN2O. The van der Waals surface area contributed by atoms with E-state index >= 15 is 0 Å². The second-order valence-electron chi connectivity index (χ2n) is 4.79. The van der Waals surface area contributed by atoms with Crippen LogP contribution in [0, 0.1) is 6.92 Å². The number of aromatic nitrogens is 2. The molecule has 3 aromatic rings. The van der Waals surface area contributed by atoms with E-state index in [-0.39, 0.29) is 0 Å². The maximum absolute atomic E-state index is 6.07. The number of ether oxygens (including phenoxy) is 1. The first-order chi connectivity index (χ1) is 9.65. The van der Waals surface area contributed by atoms with Crippen LogP contribution in [0.2, 0.25) is 5.02 Å². The van der Waals surface area contributed by atoms with Crippen molar-refractivity contribution in [2.75, 3.05) is 7.11 Å². The highest BCUT2D eigenvalue weighted by molar-refractivity contribution is 6.31. The van der Waals surface area contributed by atoms with Gasteiger partial charge >= 0.3 is 0 Å². The van der Waals surface area contributed by atoms with Gasteiger partial charge < -0.3 is 9.30 Å². The first kappa shape index (κ1) is 13.0. The average Bonchev–Trinajstić information content (AvgIpc) is 2.80. The molecule has 0 atom stereocenters. The molecule has 2 heterocycles. The number of hydrogen-bond donors (Lipinski definition) is 0. The van der Waals surface area contributed by atoms with E-state index in [4.69, 9.17) is 16.3 Å². The molecule has 0 radical (unpaired) electrons. The average molecular weight is 287 g/mol. The van der Waals surface area contributed by atoms with Gasteiger partial charge in [0.1, 0.15) is 5.75 Å². The summed E-state index contributed by atoms with van der Waals surface area (Å²) >= 11 is 6.07. The summed E-state index contributed by atoms with van der Waals surface area (Å²) < 4.78 is 7.43. The third-order valence-corrected chi connectivity index (χ3v) is 3.52. The smallest absolute Gasteiger partial charge is 0.122 e. The molecule has 2 aromatic heterocycles. The third kappa shape index (κ3) is 2.49. The zero-order valence-corrected chi connectivity index (χ0v) is 12.2. The fraction of sp³-hybridized carbons (Fsp3) is 0.188. The molecule has 0 saturated carbocycles. The van der Waals surface area contributed by atoms with Gasteiger partial charge in [-0.05, 0) is 30.5 Å². The standard InChI is InChI=1S/C16H15ClN2O/c1-11-7-15(20-2)9-14(18-11)10-19-6-5-12-3-4-13(17)8-16(12)19/h3-9H,10H2,1-2H3. The van der Waals surface area contributed by atoms with Gasteiger partial charge in [0.15, 0.2) is 0 Å². The molecule has 3 rings (SSSR count). The van der Waals surface area contributed by atoms with E-state index in [1.165, 1.54) is 5.39 Å². The van der Waals surface area contributed by atoms with Crippen LogP contribution in [0.4, 0.5) is 0 Å². The number of halogens is 1. The van der Waals surface area contributed by atoms with Gasteiger partial charge in [-0.3, -0.25) is 4.98 Å². The van der Waals surface area contributed by atoms with E-state index in [0.717, 1.165) is 27.7 Å². The van der Waals surface area contributed by atoms with Crippen molar-refractivity contribution in [3.05, 3.63) is 59.0 Å². The Kier molecular flexibility index (Phi) is 3.36. The van der Waals surface area contributed by atoms with Crippen LogP contribution in [0.15, 0.2) is 42.6 Å². The number of rotatable bonds is 3. The quantitative estimate of drug-likeness (QED) is 0.726. The van der Waals surface area contributed by atoms with Gasteiger partial charge in [0.05, 0.1) is 19.3 Å². The van der Waals surface area contributed by atoms with Crippen LogP contribution in [-0.2, 0) is 6.54 Å². The van der Waals surface area contributed by atoms with Crippen LogP contribution in [0.5, 0.6) is 5.75 Å². The Morgan fingerprint density at radius 1 is 1.20 bits per heavy atom. The molecule has 0 fully saturated rings. The number of methoxy groups -OCH3 is 1. The van der Waals surface area contributed by atoms with Gasteiger partial charge in [-0.2, -0.15) is 0 Å². The molecule has 1 aromatic carbocycles. The molecule has 0 aliphatic rings. The Morgan fingerprint density at radius 3 is 2.85 bits per heavy atom. The molecule has 20 heavy (non-hydrogen) atoms. The van der Waals surface area contributed by atoms with E-state index in [1.54, 1.807) is 7.11 Å². The Labute approximate surface area is 122 Å². The molecule has 4 heteroatoms. The fourth-order valence-electron chi connectivity index (χ4n) is 2.37. The summed E-state index contributed by atoms with van der Waals surface area (Å²) in [5.41, 5.74) is 3.04. The summed E-state index contributed by atoms with van der Waals surface area (Å²) in [6.45, 7) is 2.67. The number of benzene rings is 1. The summed E-state index contributed by atoms with van der Waals surface area (Å²) in [4.78, 5) is 4.55. The Bertz CT molecular complexity index is 764. The molecule has 0 unspecified atom stereocenters. The zero-order chi connectivity index (χ0) is 14.1. The van der Waals surface area contributed by atoms with Gasteiger partial charge in [-0.1, -0.05) is 17.7 Å². The normalized spacial score (nSPS) is 10.9. The molecule has 0 bridgehead atoms. The second-order valence-corrected chi connectivity index (χ2v) is 5.22. The number of pyridine rings is 1. The van der Waals surface area contributed by atoms with Crippen LogP contribution in [-0.4, -0.2) is 16.7 Å². The van der Waals surface area contributed by atoms with Crippen LogP contribution in [0.25, 0.3) is 10.9 Å². The van der Waals surface area contributed by atoms with Crippen molar-refractivity contribution in [2.45, 2.75) is 13.5 Å². The van der Waals surface area contributed by atoms with Crippen molar-refractivity contribution in [3.8, 4) is 5.75 Å². The monoisotopic (exact) mass is 286 g/mol. The summed E-state index contributed by atoms with van der Waals surface area (Å²) in [7, 11) is 1.67. The number of fused-ring (bicyclic) bond motifs is 1. The third-order valence-electron chi connectivity index (χ3n) is 3.28. The Hall–Kier alpha value is -2.00. The highest BCUT2D eigenvalue weighted by Gasteiger charge is 2.05. The maximum atomic E-state index is 6.07. The highest BCUT2D eigenvalue weighted by Crippen LogP contribution is 2.22. The minimum Gasteiger partial charge on any atom is -0.497 e. The highest BCUT2D eigenvalue weighted by atomic mass is 35.5. The Morgan fingerprint density at radius 2 is 2.05 bits per heavy atom. The maximum Gasteiger partial charge on any atom is 0.122 e. The van der Waals surface area contributed by atoms with E-state index in [1.807, 2.05) is 37.3 Å². The van der Waals surface area contributed by atoms with E-state index < -0.39 is 0 Å². The molecule has 0 aliphatic heterocycles. The zero-order valence-electron chi connectivity index (χ0n) is 11.4. The molecule has 0 saturated heterocycles. The Balaban J connectivity index is 2.00. The molecule has 0 spiro atoms. The summed E-state index contributed by atoms with van der Waals surface area (Å²) in [6.07, 6.45) is 2.05. The minimum atomic E-state index is 0.696. The topological polar surface area (TPSA) is 27.1 Å². The molecule has 3 nitrogen and oxygen atoms in total.